The highest BCUT2D eigenvalue weighted by Crippen LogP contribution is 2.47. The van der Waals surface area contributed by atoms with Gasteiger partial charge in [0, 0.05) is 36.2 Å². The van der Waals surface area contributed by atoms with Crippen LogP contribution >= 0.6 is 11.6 Å². The second-order valence-corrected chi connectivity index (χ2v) is 16.4. The van der Waals surface area contributed by atoms with Gasteiger partial charge in [-0.1, -0.05) is 36.7 Å². The predicted molar refractivity (Wildman–Crippen MR) is 190 cm³/mol. The standard InChI is InChI=1S/C37H41ClN6O4S/c1-24-5-3-7-33(47-2)30-11-8-27(30)20-44-22-37(14-4-6-25-15-28(38)10-12-31(25)37)23-48-34-13-9-26(16-32(34)44)36(45)43-49(46,21-24)42-35-19-40-29(17-39)18-41-35/h3,7,9-10,12-13,15-16,18-19,24,27,30,33H,4-6,8,11,14,20-23H2,1-2H3,(H,41,42,43,45,46)/b7-3-/t24-,27-,30+,33-,37-,49?/m0/s1. The van der Waals surface area contributed by atoms with Crippen LogP contribution in [0.5, 0.6) is 5.75 Å². The Kier molecular flexibility index (Phi) is 9.39. The molecule has 1 spiro atoms. The van der Waals surface area contributed by atoms with Crippen molar-refractivity contribution >= 4 is 38.9 Å². The molecule has 0 radical (unpaired) electrons. The molecule has 0 saturated heterocycles. The topological polar surface area (TPSA) is 130 Å². The van der Waals surface area contributed by atoms with Crippen LogP contribution in [0.25, 0.3) is 0 Å². The molecule has 4 aliphatic rings. The molecule has 12 heteroatoms. The summed E-state index contributed by atoms with van der Waals surface area (Å²) < 4.78 is 34.4. The van der Waals surface area contributed by atoms with Crippen molar-refractivity contribution in [1.29, 1.82) is 5.26 Å². The SMILES string of the molecule is CO[C@H]1/C=C\C[C@H](C)CS(=O)(Nc2cnc(C#N)cn2)=NC(=O)c2ccc3c(c2)N(C[C@@H]2CC[C@H]21)C[C@@]1(CCCc2cc(Cl)ccc21)CO3. The summed E-state index contributed by atoms with van der Waals surface area (Å²) in [4.78, 5) is 24.6. The second kappa shape index (κ2) is 13.7. The average molecular weight is 701 g/mol. The number of allylic oxidation sites excluding steroid dienone is 1. The maximum absolute atomic E-state index is 14.5. The summed E-state index contributed by atoms with van der Waals surface area (Å²) in [6, 6.07) is 13.6. The minimum atomic E-state index is -3.35. The maximum atomic E-state index is 14.5. The third-order valence-corrected chi connectivity index (χ3v) is 12.8. The predicted octanol–water partition coefficient (Wildman–Crippen LogP) is 6.75. The van der Waals surface area contributed by atoms with Gasteiger partial charge in [0.1, 0.15) is 21.7 Å². The number of halogens is 1. The van der Waals surface area contributed by atoms with Crippen molar-refractivity contribution in [2.45, 2.75) is 57.0 Å². The van der Waals surface area contributed by atoms with Crippen LogP contribution in [-0.4, -0.2) is 58.7 Å². The lowest BCUT2D eigenvalue weighted by Crippen LogP contribution is -2.49. The van der Waals surface area contributed by atoms with Crippen LogP contribution in [0.15, 0.2) is 65.3 Å². The molecule has 7 rings (SSSR count). The van der Waals surface area contributed by atoms with E-state index in [0.29, 0.717) is 30.4 Å². The number of rotatable bonds is 3. The smallest absolute Gasteiger partial charge is 0.286 e. The number of fused-ring (bicyclic) bond motifs is 4. The van der Waals surface area contributed by atoms with E-state index in [-0.39, 0.29) is 34.7 Å². The molecule has 1 N–H and O–H groups in total. The molecule has 2 aliphatic heterocycles. The molecule has 2 bridgehead atoms. The van der Waals surface area contributed by atoms with Gasteiger partial charge < -0.3 is 14.4 Å². The lowest BCUT2D eigenvalue weighted by atomic mass is 9.68. The molecule has 49 heavy (non-hydrogen) atoms. The number of carbonyl (C=O) groups excluding carboxylic acids is 1. The van der Waals surface area contributed by atoms with E-state index in [2.05, 4.69) is 48.2 Å². The van der Waals surface area contributed by atoms with Crippen LogP contribution < -0.4 is 14.4 Å². The van der Waals surface area contributed by atoms with Crippen LogP contribution in [0.2, 0.25) is 5.02 Å². The Morgan fingerprint density at radius 2 is 2.06 bits per heavy atom. The minimum Gasteiger partial charge on any atom is -0.490 e. The fraction of sp³-hybridized carbons (Fsp3) is 0.459. The number of nitriles is 1. The van der Waals surface area contributed by atoms with Crippen molar-refractivity contribution in [3.63, 3.8) is 0 Å². The number of carbonyl (C=O) groups is 1. The number of amides is 1. The highest BCUT2D eigenvalue weighted by Gasteiger charge is 2.44. The molecule has 2 aliphatic carbocycles. The van der Waals surface area contributed by atoms with E-state index < -0.39 is 15.8 Å². The summed E-state index contributed by atoms with van der Waals surface area (Å²) in [6.07, 6.45) is 12.6. The minimum absolute atomic E-state index is 0.0398. The molecule has 1 fully saturated rings. The Morgan fingerprint density at radius 1 is 1.18 bits per heavy atom. The monoisotopic (exact) mass is 700 g/mol. The first kappa shape index (κ1) is 33.5. The number of aromatic nitrogens is 2. The van der Waals surface area contributed by atoms with Crippen molar-refractivity contribution in [1.82, 2.24) is 9.97 Å². The van der Waals surface area contributed by atoms with Crippen molar-refractivity contribution < 1.29 is 18.5 Å². The fourth-order valence-electron chi connectivity index (χ4n) is 7.97. The summed E-state index contributed by atoms with van der Waals surface area (Å²) in [6.45, 7) is 4.02. The lowest BCUT2D eigenvalue weighted by Gasteiger charge is -2.46. The largest absolute Gasteiger partial charge is 0.490 e. The Labute approximate surface area is 293 Å². The maximum Gasteiger partial charge on any atom is 0.286 e. The molecule has 2 aromatic carbocycles. The number of methoxy groups -OCH3 is 1. The van der Waals surface area contributed by atoms with Gasteiger partial charge in [-0.25, -0.2) is 14.2 Å². The first-order valence-electron chi connectivity index (χ1n) is 17.0. The summed E-state index contributed by atoms with van der Waals surface area (Å²) in [5, 5.41) is 9.89. The Bertz CT molecular complexity index is 1940. The fourth-order valence-corrected chi connectivity index (χ4v) is 10.1. The molecule has 3 aromatic rings. The molecule has 1 unspecified atom stereocenters. The van der Waals surface area contributed by atoms with E-state index in [0.717, 1.165) is 61.7 Å². The van der Waals surface area contributed by atoms with Crippen LogP contribution in [-0.2, 0) is 26.5 Å². The van der Waals surface area contributed by atoms with Crippen molar-refractivity contribution in [2.24, 2.45) is 22.1 Å². The van der Waals surface area contributed by atoms with E-state index in [1.165, 1.54) is 23.5 Å². The van der Waals surface area contributed by atoms with Gasteiger partial charge >= 0.3 is 0 Å². The summed E-state index contributed by atoms with van der Waals surface area (Å²) in [5.41, 5.74) is 3.61. The third kappa shape index (κ3) is 6.91. The number of hydrogen-bond acceptors (Lipinski definition) is 8. The molecule has 1 aromatic heterocycles. The van der Waals surface area contributed by atoms with E-state index in [4.69, 9.17) is 26.3 Å². The third-order valence-electron chi connectivity index (χ3n) is 10.5. The number of nitrogens with one attached hydrogen (secondary N) is 1. The van der Waals surface area contributed by atoms with E-state index in [9.17, 15) is 9.00 Å². The molecule has 1 saturated carbocycles. The Morgan fingerprint density at radius 3 is 2.82 bits per heavy atom. The number of nitrogens with zero attached hydrogens (tertiary/aromatic N) is 5. The number of anilines is 2. The van der Waals surface area contributed by atoms with Crippen molar-refractivity contribution in [3.05, 3.63) is 88.4 Å². The van der Waals surface area contributed by atoms with Crippen LogP contribution in [0, 0.1) is 29.1 Å². The highest BCUT2D eigenvalue weighted by molar-refractivity contribution is 7.95. The molecule has 256 valence electrons. The van der Waals surface area contributed by atoms with Crippen LogP contribution in [0.1, 0.15) is 66.2 Å². The van der Waals surface area contributed by atoms with Gasteiger partial charge in [0.25, 0.3) is 5.91 Å². The van der Waals surface area contributed by atoms with E-state index in [1.54, 1.807) is 13.2 Å². The quantitative estimate of drug-likeness (QED) is 0.297. The van der Waals surface area contributed by atoms with Gasteiger partial charge in [0.2, 0.25) is 0 Å². The van der Waals surface area contributed by atoms with Crippen LogP contribution in [0.4, 0.5) is 11.5 Å². The number of aryl methyl sites for hydroxylation is 1. The molecule has 1 amide bonds. The van der Waals surface area contributed by atoms with E-state index >= 15 is 0 Å². The first-order chi connectivity index (χ1) is 23.7. The molecule has 6 atom stereocenters. The first-order valence-corrected chi connectivity index (χ1v) is 19.0. The van der Waals surface area contributed by atoms with Crippen LogP contribution in [0.3, 0.4) is 0 Å². The molecular weight excluding hydrogens is 660 g/mol. The van der Waals surface area contributed by atoms with Gasteiger partial charge in [0.15, 0.2) is 11.5 Å². The average Bonchev–Trinajstić information content (AvgIpc) is 3.22. The van der Waals surface area contributed by atoms with Gasteiger partial charge in [-0.2, -0.15) is 5.26 Å². The Balaban J connectivity index is 1.31. The number of hydrogen-bond donors (Lipinski definition) is 1. The summed E-state index contributed by atoms with van der Waals surface area (Å²) in [5.74, 6) is 1.07. The zero-order valence-electron chi connectivity index (χ0n) is 27.8. The highest BCUT2D eigenvalue weighted by atomic mass is 35.5. The number of benzene rings is 2. The van der Waals surface area contributed by atoms with Gasteiger partial charge in [-0.05, 0) is 97.7 Å². The normalized spacial score (nSPS) is 30.3. The van der Waals surface area contributed by atoms with Gasteiger partial charge in [0.05, 0.1) is 36.5 Å². The summed E-state index contributed by atoms with van der Waals surface area (Å²) in [7, 11) is -1.58. The summed E-state index contributed by atoms with van der Waals surface area (Å²) >= 11 is 6.45. The van der Waals surface area contributed by atoms with Crippen molar-refractivity contribution in [2.75, 3.05) is 42.2 Å². The zero-order valence-corrected chi connectivity index (χ0v) is 29.4. The second-order valence-electron chi connectivity index (χ2n) is 14.0. The van der Waals surface area contributed by atoms with Gasteiger partial charge in [-0.3, -0.25) is 9.52 Å². The molecule has 3 heterocycles. The van der Waals surface area contributed by atoms with Gasteiger partial charge in [-0.15, -0.1) is 4.36 Å². The van der Waals surface area contributed by atoms with Crippen molar-refractivity contribution in [3.8, 4) is 11.8 Å². The van der Waals surface area contributed by atoms with E-state index in [1.807, 2.05) is 31.2 Å². The molecule has 10 nitrogen and oxygen atoms in total. The zero-order chi connectivity index (χ0) is 34.2. The molecular formula is C37H41ClN6O4S. The number of ether oxygens (including phenoxy) is 2. The Hall–Kier alpha value is -3.98. The lowest BCUT2D eigenvalue weighted by molar-refractivity contribution is 0.0131.